The third-order valence-electron chi connectivity index (χ3n) is 5.32. The molecule has 9 heteroatoms. The van der Waals surface area contributed by atoms with Crippen LogP contribution in [0.25, 0.3) is 10.2 Å². The lowest BCUT2D eigenvalue weighted by atomic mass is 9.96. The van der Waals surface area contributed by atoms with Crippen LogP contribution >= 0.6 is 11.3 Å². The van der Waals surface area contributed by atoms with E-state index in [1.165, 1.54) is 23.8 Å². The summed E-state index contributed by atoms with van der Waals surface area (Å²) in [6.07, 6.45) is -3.44. The van der Waals surface area contributed by atoms with Crippen LogP contribution in [0.1, 0.15) is 24.0 Å². The fourth-order valence-corrected chi connectivity index (χ4v) is 4.80. The Morgan fingerprint density at radius 3 is 2.71 bits per heavy atom. The maximum atomic E-state index is 12.6. The summed E-state index contributed by atoms with van der Waals surface area (Å²) in [7, 11) is 0. The fourth-order valence-electron chi connectivity index (χ4n) is 3.69. The van der Waals surface area contributed by atoms with Gasteiger partial charge in [-0.2, -0.15) is 0 Å². The number of aromatic nitrogens is 1. The molecule has 0 bridgehead atoms. The van der Waals surface area contributed by atoms with E-state index in [0.717, 1.165) is 15.3 Å². The van der Waals surface area contributed by atoms with Gasteiger partial charge in [0.1, 0.15) is 5.75 Å². The van der Waals surface area contributed by atoms with Crippen LogP contribution in [0.4, 0.5) is 18.3 Å². The first kappa shape index (κ1) is 21.4. The van der Waals surface area contributed by atoms with E-state index in [9.17, 15) is 18.0 Å². The smallest absolute Gasteiger partial charge is 0.405 e. The highest BCUT2D eigenvalue weighted by Crippen LogP contribution is 2.32. The molecule has 31 heavy (non-hydrogen) atoms. The molecule has 1 fully saturated rings. The predicted molar refractivity (Wildman–Crippen MR) is 114 cm³/mol. The molecule has 2 heterocycles. The first-order chi connectivity index (χ1) is 14.8. The Balaban J connectivity index is 1.32. The van der Waals surface area contributed by atoms with Gasteiger partial charge in [0.15, 0.2) is 5.13 Å². The summed E-state index contributed by atoms with van der Waals surface area (Å²) in [6.45, 7) is 3.47. The molecule has 1 amide bonds. The Morgan fingerprint density at radius 1 is 1.23 bits per heavy atom. The molecule has 3 aromatic rings. The Bertz CT molecular complexity index is 1080. The van der Waals surface area contributed by atoms with Crippen molar-refractivity contribution in [1.29, 1.82) is 0 Å². The molecule has 0 atom stereocenters. The van der Waals surface area contributed by atoms with Gasteiger partial charge in [-0.3, -0.25) is 4.79 Å². The number of amides is 1. The monoisotopic (exact) mass is 449 g/mol. The van der Waals surface area contributed by atoms with Crippen LogP contribution < -0.4 is 15.0 Å². The number of hydrogen-bond acceptors (Lipinski definition) is 5. The number of nitrogens with one attached hydrogen (secondary N) is 1. The van der Waals surface area contributed by atoms with Gasteiger partial charge in [0.25, 0.3) is 0 Å². The first-order valence-electron chi connectivity index (χ1n) is 10.0. The predicted octanol–water partition coefficient (Wildman–Crippen LogP) is 5.04. The van der Waals surface area contributed by atoms with Crippen molar-refractivity contribution < 1.29 is 22.7 Å². The number of hydrogen-bond donors (Lipinski definition) is 1. The number of carbonyl (C=O) groups is 1. The van der Waals surface area contributed by atoms with Crippen molar-refractivity contribution in [1.82, 2.24) is 10.3 Å². The van der Waals surface area contributed by atoms with Crippen LogP contribution in [0.3, 0.4) is 0 Å². The van der Waals surface area contributed by atoms with E-state index in [1.807, 2.05) is 12.1 Å². The third kappa shape index (κ3) is 5.28. The van der Waals surface area contributed by atoms with Gasteiger partial charge in [-0.25, -0.2) is 4.98 Å². The van der Waals surface area contributed by atoms with Crippen LogP contribution in [-0.4, -0.2) is 30.3 Å². The molecular formula is C22H22F3N3O2S. The molecule has 2 aromatic carbocycles. The van der Waals surface area contributed by atoms with Gasteiger partial charge in [0, 0.05) is 31.1 Å². The number of para-hydroxylation sites is 1. The molecule has 4 rings (SSSR count). The van der Waals surface area contributed by atoms with Gasteiger partial charge in [-0.1, -0.05) is 35.6 Å². The molecule has 1 aliphatic rings. The number of aryl methyl sites for hydroxylation is 1. The topological polar surface area (TPSA) is 54.5 Å². The maximum absolute atomic E-state index is 12.6. The van der Waals surface area contributed by atoms with Crippen molar-refractivity contribution in [3.8, 4) is 5.75 Å². The maximum Gasteiger partial charge on any atom is 0.573 e. The number of anilines is 1. The van der Waals surface area contributed by atoms with Gasteiger partial charge < -0.3 is 15.0 Å². The standard InChI is InChI=1S/C22H22F3N3O2S/c1-14-6-7-17-19(12-14)31-21(27-17)28-10-8-15(9-11-28)20(29)26-13-16-4-2-3-5-18(16)30-22(23,24)25/h2-7,12,15H,8-11,13H2,1H3,(H,26,29). The van der Waals surface area contributed by atoms with Gasteiger partial charge in [-0.15, -0.1) is 13.2 Å². The minimum Gasteiger partial charge on any atom is -0.405 e. The molecule has 1 aliphatic heterocycles. The summed E-state index contributed by atoms with van der Waals surface area (Å²) in [5.74, 6) is -0.624. The molecule has 1 N–H and O–H groups in total. The lowest BCUT2D eigenvalue weighted by Gasteiger charge is -2.31. The third-order valence-corrected chi connectivity index (χ3v) is 6.40. The average Bonchev–Trinajstić information content (AvgIpc) is 3.15. The van der Waals surface area contributed by atoms with Crippen molar-refractivity contribution in [3.05, 3.63) is 53.6 Å². The molecule has 1 saturated heterocycles. The van der Waals surface area contributed by atoms with E-state index in [0.29, 0.717) is 25.9 Å². The van der Waals surface area contributed by atoms with Crippen molar-refractivity contribution in [2.24, 2.45) is 5.92 Å². The molecule has 164 valence electrons. The van der Waals surface area contributed by atoms with E-state index in [-0.39, 0.29) is 29.7 Å². The van der Waals surface area contributed by atoms with E-state index in [2.05, 4.69) is 27.9 Å². The van der Waals surface area contributed by atoms with Crippen molar-refractivity contribution in [2.75, 3.05) is 18.0 Å². The summed E-state index contributed by atoms with van der Waals surface area (Å²) in [5, 5.41) is 3.72. The second kappa shape index (κ2) is 8.74. The number of nitrogens with zero attached hydrogens (tertiary/aromatic N) is 2. The Labute approximate surface area is 181 Å². The van der Waals surface area contributed by atoms with Gasteiger partial charge in [-0.05, 0) is 43.5 Å². The Morgan fingerprint density at radius 2 is 1.97 bits per heavy atom. The van der Waals surface area contributed by atoms with Crippen LogP contribution in [0, 0.1) is 12.8 Å². The number of alkyl halides is 3. The van der Waals surface area contributed by atoms with Crippen molar-refractivity contribution in [3.63, 3.8) is 0 Å². The number of rotatable bonds is 5. The summed E-state index contributed by atoms with van der Waals surface area (Å²) < 4.78 is 42.9. The molecule has 0 radical (unpaired) electrons. The molecule has 0 aliphatic carbocycles. The highest BCUT2D eigenvalue weighted by molar-refractivity contribution is 7.22. The normalized spacial score (nSPS) is 15.3. The summed E-state index contributed by atoms with van der Waals surface area (Å²) in [4.78, 5) is 19.5. The number of fused-ring (bicyclic) bond motifs is 1. The number of carbonyl (C=O) groups excluding carboxylic acids is 1. The zero-order chi connectivity index (χ0) is 22.0. The van der Waals surface area contributed by atoms with Gasteiger partial charge in [0.05, 0.1) is 10.2 Å². The fraction of sp³-hybridized carbons (Fsp3) is 0.364. The highest BCUT2D eigenvalue weighted by atomic mass is 32.1. The molecule has 5 nitrogen and oxygen atoms in total. The zero-order valence-corrected chi connectivity index (χ0v) is 17.7. The van der Waals surface area contributed by atoms with Crippen LogP contribution in [0.15, 0.2) is 42.5 Å². The second-order valence-corrected chi connectivity index (χ2v) is 8.61. The molecule has 0 unspecified atom stereocenters. The lowest BCUT2D eigenvalue weighted by molar-refractivity contribution is -0.274. The average molecular weight is 449 g/mol. The largest absolute Gasteiger partial charge is 0.573 e. The first-order valence-corrected chi connectivity index (χ1v) is 10.8. The number of ether oxygens (including phenoxy) is 1. The van der Waals surface area contributed by atoms with Gasteiger partial charge >= 0.3 is 6.36 Å². The van der Waals surface area contributed by atoms with Crippen molar-refractivity contribution >= 4 is 32.6 Å². The van der Waals surface area contributed by atoms with Crippen LogP contribution in [0.2, 0.25) is 0 Å². The van der Waals surface area contributed by atoms with Crippen molar-refractivity contribution in [2.45, 2.75) is 32.7 Å². The Hall–Kier alpha value is -2.81. The molecule has 1 aromatic heterocycles. The molecule has 0 saturated carbocycles. The van der Waals surface area contributed by atoms with Gasteiger partial charge in [0.2, 0.25) is 5.91 Å². The van der Waals surface area contributed by atoms with E-state index in [1.54, 1.807) is 17.4 Å². The van der Waals surface area contributed by atoms with Crippen LogP contribution in [0.5, 0.6) is 5.75 Å². The molecular weight excluding hydrogens is 427 g/mol. The minimum absolute atomic E-state index is 0.0114. The minimum atomic E-state index is -4.77. The van der Waals surface area contributed by atoms with E-state index >= 15 is 0 Å². The number of halogens is 3. The number of benzene rings is 2. The number of thiazole rings is 1. The summed E-state index contributed by atoms with van der Waals surface area (Å²) in [5.41, 5.74) is 2.46. The highest BCUT2D eigenvalue weighted by Gasteiger charge is 2.32. The van der Waals surface area contributed by atoms with E-state index < -0.39 is 6.36 Å². The molecule has 0 spiro atoms. The SMILES string of the molecule is Cc1ccc2nc(N3CCC(C(=O)NCc4ccccc4OC(F)(F)F)CC3)sc2c1. The van der Waals surface area contributed by atoms with E-state index in [4.69, 9.17) is 4.98 Å². The zero-order valence-electron chi connectivity index (χ0n) is 16.9. The lowest BCUT2D eigenvalue weighted by Crippen LogP contribution is -2.40. The quantitative estimate of drug-likeness (QED) is 0.593. The second-order valence-electron chi connectivity index (χ2n) is 7.60. The summed E-state index contributed by atoms with van der Waals surface area (Å²) in [6, 6.07) is 12.0. The Kier molecular flexibility index (Phi) is 6.04. The number of piperidine rings is 1. The summed E-state index contributed by atoms with van der Waals surface area (Å²) >= 11 is 1.65. The van der Waals surface area contributed by atoms with Crippen LogP contribution in [-0.2, 0) is 11.3 Å².